The van der Waals surface area contributed by atoms with Crippen LogP contribution in [0.1, 0.15) is 24.9 Å². The van der Waals surface area contributed by atoms with Gasteiger partial charge in [0.15, 0.2) is 0 Å². The Morgan fingerprint density at radius 1 is 1.64 bits per heavy atom. The molecule has 1 aromatic heterocycles. The number of hydrogen-bond acceptors (Lipinski definition) is 3. The lowest BCUT2D eigenvalue weighted by atomic mass is 10.1. The van der Waals surface area contributed by atoms with Crippen molar-refractivity contribution in [3.63, 3.8) is 0 Å². The van der Waals surface area contributed by atoms with Crippen LogP contribution in [0.15, 0.2) is 12.3 Å². The number of halogens is 2. The van der Waals surface area contributed by atoms with Crippen molar-refractivity contribution in [1.82, 2.24) is 4.98 Å². The molecule has 3 nitrogen and oxygen atoms in total. The van der Waals surface area contributed by atoms with E-state index in [0.29, 0.717) is 10.9 Å². The molecule has 1 heterocycles. The molecule has 0 aliphatic heterocycles. The summed E-state index contributed by atoms with van der Waals surface area (Å²) in [7, 11) is 1.54. The quantitative estimate of drug-likeness (QED) is 0.878. The molecule has 0 radical (unpaired) electrons. The van der Waals surface area contributed by atoms with E-state index in [0.717, 1.165) is 12.0 Å². The zero-order chi connectivity index (χ0) is 9.84. The van der Waals surface area contributed by atoms with Gasteiger partial charge in [0, 0.05) is 12.2 Å². The van der Waals surface area contributed by atoms with Crippen LogP contribution in [0.4, 0.5) is 0 Å². The molecule has 1 atom stereocenters. The molecular weight excluding hydrogens is 223 g/mol. The molecule has 1 aromatic rings. The minimum Gasteiger partial charge on any atom is -0.480 e. The Bertz CT molecular complexity index is 294. The van der Waals surface area contributed by atoms with Gasteiger partial charge in [-0.15, -0.1) is 12.4 Å². The van der Waals surface area contributed by atoms with Gasteiger partial charge in [-0.25, -0.2) is 4.98 Å². The molecule has 14 heavy (non-hydrogen) atoms. The molecule has 0 aliphatic carbocycles. The first kappa shape index (κ1) is 13.5. The third kappa shape index (κ3) is 3.01. The van der Waals surface area contributed by atoms with Crippen molar-refractivity contribution in [3.8, 4) is 5.88 Å². The van der Waals surface area contributed by atoms with E-state index in [2.05, 4.69) is 4.98 Å². The highest BCUT2D eigenvalue weighted by Crippen LogP contribution is 2.24. The number of rotatable bonds is 3. The Labute approximate surface area is 95.0 Å². The van der Waals surface area contributed by atoms with Gasteiger partial charge in [-0.05, 0) is 18.1 Å². The van der Waals surface area contributed by atoms with Crippen LogP contribution >= 0.6 is 24.0 Å². The highest BCUT2D eigenvalue weighted by atomic mass is 35.5. The van der Waals surface area contributed by atoms with E-state index in [-0.39, 0.29) is 18.4 Å². The summed E-state index contributed by atoms with van der Waals surface area (Å²) in [5.41, 5.74) is 6.75. The van der Waals surface area contributed by atoms with E-state index >= 15 is 0 Å². The van der Waals surface area contributed by atoms with Crippen LogP contribution < -0.4 is 10.5 Å². The molecule has 0 amide bonds. The zero-order valence-corrected chi connectivity index (χ0v) is 9.73. The van der Waals surface area contributed by atoms with Crippen LogP contribution in [-0.2, 0) is 0 Å². The second-order valence-electron chi connectivity index (χ2n) is 2.77. The maximum atomic E-state index is 5.89. The van der Waals surface area contributed by atoms with E-state index in [1.165, 1.54) is 7.11 Å². The summed E-state index contributed by atoms with van der Waals surface area (Å²) in [5.74, 6) is 0.439. The predicted octanol–water partition coefficient (Wildman–Crippen LogP) is 2.58. The molecule has 0 aliphatic rings. The SMILES string of the molecule is CC[C@@H](N)c1cnc(OC)c(Cl)c1.Cl. The van der Waals surface area contributed by atoms with E-state index in [9.17, 15) is 0 Å². The smallest absolute Gasteiger partial charge is 0.232 e. The van der Waals surface area contributed by atoms with Crippen LogP contribution in [-0.4, -0.2) is 12.1 Å². The minimum atomic E-state index is -0.00379. The first-order valence-electron chi connectivity index (χ1n) is 4.14. The van der Waals surface area contributed by atoms with Gasteiger partial charge in [-0.3, -0.25) is 0 Å². The number of nitrogens with zero attached hydrogens (tertiary/aromatic N) is 1. The van der Waals surface area contributed by atoms with Gasteiger partial charge in [0.2, 0.25) is 5.88 Å². The van der Waals surface area contributed by atoms with Crippen molar-refractivity contribution in [2.24, 2.45) is 5.73 Å². The average molecular weight is 237 g/mol. The molecule has 1 rings (SSSR count). The maximum Gasteiger partial charge on any atom is 0.232 e. The molecule has 0 bridgehead atoms. The molecule has 0 aromatic carbocycles. The lowest BCUT2D eigenvalue weighted by Gasteiger charge is -2.09. The average Bonchev–Trinajstić information content (AvgIpc) is 2.16. The monoisotopic (exact) mass is 236 g/mol. The third-order valence-corrected chi connectivity index (χ3v) is 2.16. The second-order valence-corrected chi connectivity index (χ2v) is 3.18. The van der Waals surface area contributed by atoms with E-state index < -0.39 is 0 Å². The third-order valence-electron chi connectivity index (χ3n) is 1.89. The van der Waals surface area contributed by atoms with Crippen molar-refractivity contribution >= 4 is 24.0 Å². The first-order valence-corrected chi connectivity index (χ1v) is 4.51. The largest absolute Gasteiger partial charge is 0.480 e. The Morgan fingerprint density at radius 3 is 2.71 bits per heavy atom. The second kappa shape index (κ2) is 6.06. The number of pyridine rings is 1. The lowest BCUT2D eigenvalue weighted by Crippen LogP contribution is -2.09. The van der Waals surface area contributed by atoms with Crippen LogP contribution in [0.3, 0.4) is 0 Å². The lowest BCUT2D eigenvalue weighted by molar-refractivity contribution is 0.397. The molecule has 0 fully saturated rings. The molecule has 2 N–H and O–H groups in total. The van der Waals surface area contributed by atoms with Crippen LogP contribution in [0.2, 0.25) is 5.02 Å². The van der Waals surface area contributed by atoms with Crippen molar-refractivity contribution in [2.45, 2.75) is 19.4 Å². The summed E-state index contributed by atoms with van der Waals surface area (Å²) in [6.07, 6.45) is 2.56. The Morgan fingerprint density at radius 2 is 2.29 bits per heavy atom. The molecule has 0 unspecified atom stereocenters. The Kier molecular flexibility index (Phi) is 5.84. The molecule has 0 spiro atoms. The van der Waals surface area contributed by atoms with Gasteiger partial charge in [0.25, 0.3) is 0 Å². The molecular formula is C9H14Cl2N2O. The van der Waals surface area contributed by atoms with Gasteiger partial charge >= 0.3 is 0 Å². The summed E-state index contributed by atoms with van der Waals surface area (Å²) in [4.78, 5) is 4.03. The summed E-state index contributed by atoms with van der Waals surface area (Å²) in [6.45, 7) is 2.02. The fraction of sp³-hybridized carbons (Fsp3) is 0.444. The fourth-order valence-corrected chi connectivity index (χ4v) is 1.28. The van der Waals surface area contributed by atoms with Crippen LogP contribution in [0.5, 0.6) is 5.88 Å². The fourth-order valence-electron chi connectivity index (χ4n) is 1.03. The predicted molar refractivity (Wildman–Crippen MR) is 60.3 cm³/mol. The number of ether oxygens (including phenoxy) is 1. The highest BCUT2D eigenvalue weighted by Gasteiger charge is 2.07. The first-order chi connectivity index (χ1) is 6.19. The van der Waals surface area contributed by atoms with Crippen molar-refractivity contribution in [2.75, 3.05) is 7.11 Å². The normalized spacial score (nSPS) is 11.7. The molecule has 5 heteroatoms. The van der Waals surface area contributed by atoms with Gasteiger partial charge in [0.1, 0.15) is 5.02 Å². The van der Waals surface area contributed by atoms with Gasteiger partial charge in [0.05, 0.1) is 7.11 Å². The van der Waals surface area contributed by atoms with E-state index in [1.807, 2.05) is 6.92 Å². The van der Waals surface area contributed by atoms with Gasteiger partial charge < -0.3 is 10.5 Å². The summed E-state index contributed by atoms with van der Waals surface area (Å²) in [6, 6.07) is 1.79. The maximum absolute atomic E-state index is 5.89. The highest BCUT2D eigenvalue weighted by molar-refractivity contribution is 6.31. The van der Waals surface area contributed by atoms with E-state index in [1.54, 1.807) is 12.3 Å². The number of hydrogen-bond donors (Lipinski definition) is 1. The van der Waals surface area contributed by atoms with E-state index in [4.69, 9.17) is 22.1 Å². The van der Waals surface area contributed by atoms with Crippen LogP contribution in [0, 0.1) is 0 Å². The zero-order valence-electron chi connectivity index (χ0n) is 8.16. The number of methoxy groups -OCH3 is 1. The Hall–Kier alpha value is -0.510. The number of nitrogens with two attached hydrogens (primary N) is 1. The van der Waals surface area contributed by atoms with Crippen molar-refractivity contribution < 1.29 is 4.74 Å². The molecule has 0 saturated carbocycles. The molecule has 0 saturated heterocycles. The van der Waals surface area contributed by atoms with Gasteiger partial charge in [-0.2, -0.15) is 0 Å². The summed E-state index contributed by atoms with van der Waals surface area (Å²) < 4.78 is 4.93. The van der Waals surface area contributed by atoms with Gasteiger partial charge in [-0.1, -0.05) is 18.5 Å². The topological polar surface area (TPSA) is 48.1 Å². The minimum absolute atomic E-state index is 0. The summed E-state index contributed by atoms with van der Waals surface area (Å²) >= 11 is 5.89. The van der Waals surface area contributed by atoms with Crippen molar-refractivity contribution in [1.29, 1.82) is 0 Å². The van der Waals surface area contributed by atoms with Crippen LogP contribution in [0.25, 0.3) is 0 Å². The Balaban J connectivity index is 0.00000169. The standard InChI is InChI=1S/C9H13ClN2O.ClH/c1-3-8(11)6-4-7(10)9(13-2)12-5-6;/h4-5,8H,3,11H2,1-2H3;1H/t8-;/m1./s1. The molecule has 80 valence electrons. The number of aromatic nitrogens is 1. The summed E-state index contributed by atoms with van der Waals surface area (Å²) in [5, 5.41) is 0.504. The van der Waals surface area contributed by atoms with Crippen molar-refractivity contribution in [3.05, 3.63) is 22.8 Å².